The molecule has 1 aliphatic rings. The first-order valence-corrected chi connectivity index (χ1v) is 15.0. The smallest absolute Gasteiger partial charge is 0.0704 e. The highest BCUT2D eigenvalue weighted by Gasteiger charge is 2.12. The van der Waals surface area contributed by atoms with E-state index < -0.39 is 0 Å². The fourth-order valence-electron chi connectivity index (χ4n) is 3.15. The lowest BCUT2D eigenvalue weighted by atomic mass is 10.1. The minimum Gasteiger partial charge on any atom is -0.378 e. The number of hydrogen-bond donors (Lipinski definition) is 1. The van der Waals surface area contributed by atoms with E-state index in [0.29, 0.717) is 125 Å². The molecule has 1 N–H and O–H groups in total. The van der Waals surface area contributed by atoms with Crippen molar-refractivity contribution in [3.05, 3.63) is 0 Å². The highest BCUT2D eigenvalue weighted by Crippen LogP contribution is 2.06. The third-order valence-corrected chi connectivity index (χ3v) is 5.51. The van der Waals surface area contributed by atoms with Gasteiger partial charge in [-0.3, -0.25) is 0 Å². The second kappa shape index (κ2) is 30.8. The van der Waals surface area contributed by atoms with E-state index in [1.807, 2.05) is 0 Å². The predicted molar refractivity (Wildman–Crippen MR) is 148 cm³/mol. The standard InChI is InChI=1S/C25H50INO10/c26-3-6-28-7-8-29-9-10-30-11-12-31-13-14-32-15-16-33-17-18-34-19-20-35-21-22-36-23-24-37-25-1-4-27-5-2-25/h25,27H,1-24H2. The van der Waals surface area contributed by atoms with Gasteiger partial charge in [-0.05, 0) is 25.9 Å². The fraction of sp³-hybridized carbons (Fsp3) is 1.00. The molecule has 0 spiro atoms. The fourth-order valence-corrected chi connectivity index (χ4v) is 3.46. The van der Waals surface area contributed by atoms with E-state index in [4.69, 9.17) is 47.4 Å². The first-order valence-electron chi connectivity index (χ1n) is 13.5. The van der Waals surface area contributed by atoms with Crippen molar-refractivity contribution in [1.82, 2.24) is 5.32 Å². The van der Waals surface area contributed by atoms with Crippen LogP contribution in [-0.2, 0) is 47.4 Å². The number of alkyl halides is 1. The van der Waals surface area contributed by atoms with Crippen LogP contribution < -0.4 is 5.32 Å². The average molecular weight is 652 g/mol. The summed E-state index contributed by atoms with van der Waals surface area (Å²) in [6.45, 7) is 13.0. The molecule has 37 heavy (non-hydrogen) atoms. The summed E-state index contributed by atoms with van der Waals surface area (Å²) in [6, 6.07) is 0. The summed E-state index contributed by atoms with van der Waals surface area (Å²) < 4.78 is 55.8. The average Bonchev–Trinajstić information content (AvgIpc) is 2.93. The van der Waals surface area contributed by atoms with Crippen molar-refractivity contribution >= 4 is 22.6 Å². The summed E-state index contributed by atoms with van der Waals surface area (Å²) in [5.41, 5.74) is 0. The molecule has 0 saturated carbocycles. The zero-order chi connectivity index (χ0) is 26.3. The summed E-state index contributed by atoms with van der Waals surface area (Å²) in [4.78, 5) is 0. The zero-order valence-corrected chi connectivity index (χ0v) is 24.7. The van der Waals surface area contributed by atoms with E-state index >= 15 is 0 Å². The van der Waals surface area contributed by atoms with E-state index in [2.05, 4.69) is 27.9 Å². The van der Waals surface area contributed by atoms with Gasteiger partial charge in [0.15, 0.2) is 0 Å². The molecule has 0 aromatic rings. The highest BCUT2D eigenvalue weighted by atomic mass is 127. The molecular weight excluding hydrogens is 601 g/mol. The van der Waals surface area contributed by atoms with E-state index in [9.17, 15) is 0 Å². The molecule has 0 aromatic heterocycles. The maximum Gasteiger partial charge on any atom is 0.0704 e. The van der Waals surface area contributed by atoms with Gasteiger partial charge >= 0.3 is 0 Å². The molecule has 0 bridgehead atoms. The quantitative estimate of drug-likeness (QED) is 0.0692. The molecule has 0 aliphatic carbocycles. The van der Waals surface area contributed by atoms with Crippen LogP contribution in [0.15, 0.2) is 0 Å². The molecule has 0 radical (unpaired) electrons. The van der Waals surface area contributed by atoms with Crippen molar-refractivity contribution in [2.45, 2.75) is 18.9 Å². The van der Waals surface area contributed by atoms with Crippen molar-refractivity contribution in [1.29, 1.82) is 0 Å². The minimum atomic E-state index is 0.378. The summed E-state index contributed by atoms with van der Waals surface area (Å²) >= 11 is 2.28. The van der Waals surface area contributed by atoms with E-state index in [-0.39, 0.29) is 0 Å². The highest BCUT2D eigenvalue weighted by molar-refractivity contribution is 14.1. The van der Waals surface area contributed by atoms with Crippen LogP contribution in [0.25, 0.3) is 0 Å². The number of piperidine rings is 1. The van der Waals surface area contributed by atoms with Gasteiger partial charge in [-0.2, -0.15) is 0 Å². The largest absolute Gasteiger partial charge is 0.378 e. The summed E-state index contributed by atoms with van der Waals surface area (Å²) in [7, 11) is 0. The Kier molecular flexibility index (Phi) is 29.4. The molecule has 12 heteroatoms. The second-order valence-corrected chi connectivity index (χ2v) is 9.10. The molecule has 222 valence electrons. The number of hydrogen-bond acceptors (Lipinski definition) is 11. The maximum atomic E-state index is 5.78. The molecule has 1 fully saturated rings. The van der Waals surface area contributed by atoms with E-state index in [1.165, 1.54) is 0 Å². The summed E-state index contributed by atoms with van der Waals surface area (Å²) in [5, 5.41) is 3.33. The Hall–Kier alpha value is 0.290. The number of ether oxygens (including phenoxy) is 10. The normalized spacial score (nSPS) is 14.5. The molecule has 11 nitrogen and oxygen atoms in total. The van der Waals surface area contributed by atoms with Gasteiger partial charge in [0.25, 0.3) is 0 Å². The second-order valence-electron chi connectivity index (χ2n) is 8.02. The molecule has 1 aliphatic heterocycles. The van der Waals surface area contributed by atoms with Crippen molar-refractivity contribution < 1.29 is 47.4 Å². The Balaban J connectivity index is 1.61. The maximum absolute atomic E-state index is 5.78. The third-order valence-electron chi connectivity index (χ3n) is 5.06. The Morgan fingerprint density at radius 1 is 0.405 bits per heavy atom. The van der Waals surface area contributed by atoms with Crippen molar-refractivity contribution in [3.8, 4) is 0 Å². The predicted octanol–water partition coefficient (Wildman–Crippen LogP) is 1.34. The minimum absolute atomic E-state index is 0.378. The molecule has 0 unspecified atom stereocenters. The summed E-state index contributed by atoms with van der Waals surface area (Å²) in [6.07, 6.45) is 2.55. The van der Waals surface area contributed by atoms with Gasteiger partial charge in [0.1, 0.15) is 0 Å². The first kappa shape index (κ1) is 35.3. The molecular formula is C25H50INO10. The van der Waals surface area contributed by atoms with Crippen molar-refractivity contribution in [2.24, 2.45) is 0 Å². The van der Waals surface area contributed by atoms with Gasteiger partial charge in [0.2, 0.25) is 0 Å². The van der Waals surface area contributed by atoms with Crippen LogP contribution in [0, 0.1) is 0 Å². The Morgan fingerprint density at radius 3 is 0.973 bits per heavy atom. The van der Waals surface area contributed by atoms with Crippen molar-refractivity contribution in [3.63, 3.8) is 0 Å². The Morgan fingerprint density at radius 2 is 0.676 bits per heavy atom. The van der Waals surface area contributed by atoms with Crippen LogP contribution in [0.3, 0.4) is 0 Å². The Bertz CT molecular complexity index is 436. The number of rotatable bonds is 30. The van der Waals surface area contributed by atoms with Crippen LogP contribution in [0.5, 0.6) is 0 Å². The third kappa shape index (κ3) is 27.6. The molecule has 0 amide bonds. The zero-order valence-electron chi connectivity index (χ0n) is 22.5. The summed E-state index contributed by atoms with van der Waals surface area (Å²) in [5.74, 6) is 0. The van der Waals surface area contributed by atoms with Gasteiger partial charge in [-0.25, -0.2) is 0 Å². The van der Waals surface area contributed by atoms with Crippen LogP contribution >= 0.6 is 22.6 Å². The van der Waals surface area contributed by atoms with Crippen LogP contribution in [0.2, 0.25) is 0 Å². The lowest BCUT2D eigenvalue weighted by Crippen LogP contribution is -2.33. The number of halogens is 1. The molecule has 0 aromatic carbocycles. The van der Waals surface area contributed by atoms with Gasteiger partial charge in [0.05, 0.1) is 132 Å². The van der Waals surface area contributed by atoms with Gasteiger partial charge < -0.3 is 52.7 Å². The van der Waals surface area contributed by atoms with Crippen LogP contribution in [0.4, 0.5) is 0 Å². The molecule has 1 rings (SSSR count). The van der Waals surface area contributed by atoms with Gasteiger partial charge in [-0.15, -0.1) is 0 Å². The lowest BCUT2D eigenvalue weighted by molar-refractivity contribution is -0.0321. The monoisotopic (exact) mass is 651 g/mol. The van der Waals surface area contributed by atoms with E-state index in [0.717, 1.165) is 37.0 Å². The molecule has 1 saturated heterocycles. The molecule has 1 heterocycles. The first-order chi connectivity index (χ1) is 18.4. The van der Waals surface area contributed by atoms with Crippen LogP contribution in [0.1, 0.15) is 12.8 Å². The Labute approximate surface area is 236 Å². The van der Waals surface area contributed by atoms with Crippen LogP contribution in [-0.4, -0.2) is 149 Å². The topological polar surface area (TPSA) is 104 Å². The van der Waals surface area contributed by atoms with Crippen molar-refractivity contribution in [2.75, 3.05) is 143 Å². The number of nitrogens with one attached hydrogen (secondary N) is 1. The van der Waals surface area contributed by atoms with E-state index in [1.54, 1.807) is 0 Å². The molecule has 0 atom stereocenters. The lowest BCUT2D eigenvalue weighted by Gasteiger charge is -2.22. The van der Waals surface area contributed by atoms with Gasteiger partial charge in [0, 0.05) is 4.43 Å². The van der Waals surface area contributed by atoms with Gasteiger partial charge in [-0.1, -0.05) is 22.6 Å². The SMILES string of the molecule is ICCOCCOCCOCCOCCOCCOCCOCCOCCOCCOC1CCNCC1.